The predicted octanol–water partition coefficient (Wildman–Crippen LogP) is 2.02. The Kier molecular flexibility index (Phi) is 4.22. The van der Waals surface area contributed by atoms with E-state index >= 15 is 0 Å². The second-order valence-corrected chi connectivity index (χ2v) is 6.53. The van der Waals surface area contributed by atoms with Gasteiger partial charge in [0.15, 0.2) is 0 Å². The Bertz CT molecular complexity index is 247. The summed E-state index contributed by atoms with van der Waals surface area (Å²) in [6.07, 6.45) is 10.6. The zero-order valence-corrected chi connectivity index (χ0v) is 11.6. The Morgan fingerprint density at radius 2 is 1.89 bits per heavy atom. The van der Waals surface area contributed by atoms with Crippen LogP contribution in [0.25, 0.3) is 0 Å². The summed E-state index contributed by atoms with van der Waals surface area (Å²) < 4.78 is 5.77. The summed E-state index contributed by atoms with van der Waals surface area (Å²) in [5.41, 5.74) is 0.763. The molecule has 0 amide bonds. The number of rotatable bonds is 3. The normalized spacial score (nSPS) is 33.0. The molecule has 1 unspecified atom stereocenters. The topological polar surface area (TPSA) is 24.5 Å². The van der Waals surface area contributed by atoms with Gasteiger partial charge in [-0.1, -0.05) is 12.8 Å². The van der Waals surface area contributed by atoms with Gasteiger partial charge in [-0.3, -0.25) is 0 Å². The molecule has 0 aromatic carbocycles. The van der Waals surface area contributed by atoms with Gasteiger partial charge in [0, 0.05) is 19.6 Å². The van der Waals surface area contributed by atoms with Gasteiger partial charge >= 0.3 is 0 Å². The van der Waals surface area contributed by atoms with E-state index in [9.17, 15) is 0 Å². The molecule has 1 N–H and O–H groups in total. The van der Waals surface area contributed by atoms with Crippen LogP contribution in [0.2, 0.25) is 0 Å². The number of nitrogens with zero attached hydrogens (tertiary/aromatic N) is 1. The average molecular weight is 252 g/mol. The zero-order valence-electron chi connectivity index (χ0n) is 11.6. The number of hydrogen-bond acceptors (Lipinski definition) is 3. The fourth-order valence-electron chi connectivity index (χ4n) is 4.01. The van der Waals surface area contributed by atoms with Gasteiger partial charge in [0.1, 0.15) is 0 Å². The molecule has 0 aromatic heterocycles. The molecule has 104 valence electrons. The van der Waals surface area contributed by atoms with E-state index in [1.54, 1.807) is 0 Å². The minimum Gasteiger partial charge on any atom is -0.376 e. The Morgan fingerprint density at radius 3 is 2.56 bits per heavy atom. The molecule has 0 bridgehead atoms. The lowest BCUT2D eigenvalue weighted by molar-refractivity contribution is 0.0121. The first-order chi connectivity index (χ1) is 8.86. The van der Waals surface area contributed by atoms with Crippen LogP contribution in [0.5, 0.6) is 0 Å². The van der Waals surface area contributed by atoms with E-state index in [4.69, 9.17) is 4.74 Å². The third kappa shape index (κ3) is 3.06. The third-order valence-corrected chi connectivity index (χ3v) is 5.35. The number of nitrogens with one attached hydrogen (secondary N) is 1. The van der Waals surface area contributed by atoms with Crippen LogP contribution in [0.15, 0.2) is 0 Å². The van der Waals surface area contributed by atoms with Gasteiger partial charge in [-0.05, 0) is 50.6 Å². The van der Waals surface area contributed by atoms with E-state index in [-0.39, 0.29) is 0 Å². The van der Waals surface area contributed by atoms with Crippen LogP contribution < -0.4 is 5.32 Å². The van der Waals surface area contributed by atoms with E-state index in [0.29, 0.717) is 6.10 Å². The molecule has 0 aromatic rings. The maximum absolute atomic E-state index is 5.77. The number of likely N-dealkylation sites (tertiary alicyclic amines) is 1. The molecule has 0 radical (unpaired) electrons. The number of hydrogen-bond donors (Lipinski definition) is 1. The van der Waals surface area contributed by atoms with Crippen molar-refractivity contribution in [3.8, 4) is 0 Å². The van der Waals surface area contributed by atoms with Crippen molar-refractivity contribution in [3.63, 3.8) is 0 Å². The number of piperidine rings is 1. The molecule has 3 nitrogen and oxygen atoms in total. The maximum Gasteiger partial charge on any atom is 0.0712 e. The van der Waals surface area contributed by atoms with Gasteiger partial charge in [-0.2, -0.15) is 0 Å². The predicted molar refractivity (Wildman–Crippen MR) is 73.8 cm³/mol. The van der Waals surface area contributed by atoms with Gasteiger partial charge in [0.05, 0.1) is 12.7 Å². The Morgan fingerprint density at radius 1 is 1.11 bits per heavy atom. The molecule has 1 saturated carbocycles. The SMILES string of the molecule is C1CCC2(C1)CCN(CCC1CNCCO1)CC2. The van der Waals surface area contributed by atoms with Crippen molar-refractivity contribution in [1.82, 2.24) is 10.2 Å². The lowest BCUT2D eigenvalue weighted by Crippen LogP contribution is -2.43. The van der Waals surface area contributed by atoms with Crippen molar-refractivity contribution in [3.05, 3.63) is 0 Å². The van der Waals surface area contributed by atoms with Crippen molar-refractivity contribution in [2.24, 2.45) is 5.41 Å². The van der Waals surface area contributed by atoms with Gasteiger partial charge < -0.3 is 15.0 Å². The van der Waals surface area contributed by atoms with E-state index < -0.39 is 0 Å². The largest absolute Gasteiger partial charge is 0.376 e. The molecule has 3 fully saturated rings. The first kappa shape index (κ1) is 12.9. The maximum atomic E-state index is 5.77. The van der Waals surface area contributed by atoms with Crippen LogP contribution in [-0.4, -0.2) is 50.3 Å². The standard InChI is InChI=1S/C15H28N2O/c1-2-5-15(4-1)6-10-17(11-7-15)9-3-14-13-16-8-12-18-14/h14,16H,1-13H2. The van der Waals surface area contributed by atoms with Crippen LogP contribution in [0.1, 0.15) is 44.9 Å². The van der Waals surface area contributed by atoms with Crippen LogP contribution in [0, 0.1) is 5.41 Å². The molecular formula is C15H28N2O. The van der Waals surface area contributed by atoms with E-state index in [1.807, 2.05) is 0 Å². The van der Waals surface area contributed by atoms with Crippen molar-refractivity contribution >= 4 is 0 Å². The van der Waals surface area contributed by atoms with Gasteiger partial charge in [-0.15, -0.1) is 0 Å². The molecule has 1 spiro atoms. The molecule has 3 aliphatic rings. The molecule has 2 aliphatic heterocycles. The quantitative estimate of drug-likeness (QED) is 0.831. The average Bonchev–Trinajstić information content (AvgIpc) is 2.88. The summed E-state index contributed by atoms with van der Waals surface area (Å²) in [5, 5.41) is 3.42. The summed E-state index contributed by atoms with van der Waals surface area (Å²) in [7, 11) is 0. The molecule has 2 heterocycles. The lowest BCUT2D eigenvalue weighted by atomic mass is 9.77. The van der Waals surface area contributed by atoms with Crippen LogP contribution in [0.4, 0.5) is 0 Å². The van der Waals surface area contributed by atoms with Gasteiger partial charge in [-0.25, -0.2) is 0 Å². The smallest absolute Gasteiger partial charge is 0.0712 e. The van der Waals surface area contributed by atoms with E-state index in [2.05, 4.69) is 10.2 Å². The molecule has 1 atom stereocenters. The highest BCUT2D eigenvalue weighted by atomic mass is 16.5. The first-order valence-electron chi connectivity index (χ1n) is 7.91. The first-order valence-corrected chi connectivity index (χ1v) is 7.91. The van der Waals surface area contributed by atoms with Crippen molar-refractivity contribution in [1.29, 1.82) is 0 Å². The summed E-state index contributed by atoms with van der Waals surface area (Å²) >= 11 is 0. The summed E-state index contributed by atoms with van der Waals surface area (Å²) in [6, 6.07) is 0. The van der Waals surface area contributed by atoms with E-state index in [1.165, 1.54) is 64.6 Å². The zero-order chi connectivity index (χ0) is 12.3. The van der Waals surface area contributed by atoms with Crippen molar-refractivity contribution in [2.75, 3.05) is 39.3 Å². The second-order valence-electron chi connectivity index (χ2n) is 6.53. The molecule has 3 heteroatoms. The summed E-state index contributed by atoms with van der Waals surface area (Å²) in [4.78, 5) is 2.67. The number of morpholine rings is 1. The second kappa shape index (κ2) is 5.89. The monoisotopic (exact) mass is 252 g/mol. The fraction of sp³-hybridized carbons (Fsp3) is 1.00. The van der Waals surface area contributed by atoms with Crippen LogP contribution >= 0.6 is 0 Å². The van der Waals surface area contributed by atoms with Crippen molar-refractivity contribution in [2.45, 2.75) is 51.0 Å². The van der Waals surface area contributed by atoms with E-state index in [0.717, 1.165) is 25.1 Å². The summed E-state index contributed by atoms with van der Waals surface area (Å²) in [6.45, 7) is 6.89. The molecule has 3 rings (SSSR count). The summed E-state index contributed by atoms with van der Waals surface area (Å²) in [5.74, 6) is 0. The minimum atomic E-state index is 0.459. The molecule has 2 saturated heterocycles. The van der Waals surface area contributed by atoms with Crippen LogP contribution in [0.3, 0.4) is 0 Å². The molecule has 1 aliphatic carbocycles. The lowest BCUT2D eigenvalue weighted by Gasteiger charge is -2.40. The van der Waals surface area contributed by atoms with Gasteiger partial charge in [0.25, 0.3) is 0 Å². The molecule has 18 heavy (non-hydrogen) atoms. The Labute approximate surface area is 111 Å². The minimum absolute atomic E-state index is 0.459. The van der Waals surface area contributed by atoms with Crippen LogP contribution in [-0.2, 0) is 4.74 Å². The highest BCUT2D eigenvalue weighted by Gasteiger charge is 2.36. The highest BCUT2D eigenvalue weighted by molar-refractivity contribution is 4.89. The number of ether oxygens (including phenoxy) is 1. The molecular weight excluding hydrogens is 224 g/mol. The van der Waals surface area contributed by atoms with Crippen molar-refractivity contribution < 1.29 is 4.74 Å². The Hall–Kier alpha value is -0.120. The van der Waals surface area contributed by atoms with Gasteiger partial charge in [0.2, 0.25) is 0 Å². The Balaban J connectivity index is 1.37. The fourth-order valence-corrected chi connectivity index (χ4v) is 4.01. The third-order valence-electron chi connectivity index (χ3n) is 5.35. The highest BCUT2D eigenvalue weighted by Crippen LogP contribution is 2.46.